The lowest BCUT2D eigenvalue weighted by atomic mass is 9.93. The van der Waals surface area contributed by atoms with E-state index >= 15 is 0 Å². The van der Waals surface area contributed by atoms with E-state index in [-0.39, 0.29) is 24.7 Å². The zero-order valence-corrected chi connectivity index (χ0v) is 13.3. The molecule has 10 heteroatoms. The van der Waals surface area contributed by atoms with Crippen molar-refractivity contribution in [2.24, 2.45) is 7.05 Å². The molecule has 0 radical (unpaired) electrons. The van der Waals surface area contributed by atoms with Crippen LogP contribution in [0.25, 0.3) is 10.9 Å². The van der Waals surface area contributed by atoms with Crippen molar-refractivity contribution in [1.29, 1.82) is 0 Å². The highest BCUT2D eigenvalue weighted by Crippen LogP contribution is 2.30. The molecule has 3 aromatic rings. The van der Waals surface area contributed by atoms with E-state index in [1.165, 1.54) is 22.2 Å². The van der Waals surface area contributed by atoms with Gasteiger partial charge in [-0.2, -0.15) is 5.10 Å². The maximum atomic E-state index is 12.3. The van der Waals surface area contributed by atoms with Gasteiger partial charge < -0.3 is 20.3 Å². The van der Waals surface area contributed by atoms with Gasteiger partial charge in [0.05, 0.1) is 30.3 Å². The lowest BCUT2D eigenvalue weighted by molar-refractivity contribution is -0.0879. The van der Waals surface area contributed by atoms with Crippen LogP contribution in [-0.2, 0) is 12.6 Å². The number of urea groups is 1. The zero-order chi connectivity index (χ0) is 17.6. The van der Waals surface area contributed by atoms with Crippen molar-refractivity contribution in [3.8, 4) is 0 Å². The number of rotatable bonds is 2. The number of likely N-dealkylation sites (tertiary alicyclic amines) is 1. The van der Waals surface area contributed by atoms with Crippen molar-refractivity contribution in [2.75, 3.05) is 18.4 Å². The highest BCUT2D eigenvalue weighted by atomic mass is 16.3. The van der Waals surface area contributed by atoms with Crippen LogP contribution in [-0.4, -0.2) is 53.9 Å². The number of benzene rings is 1. The van der Waals surface area contributed by atoms with E-state index < -0.39 is 5.60 Å². The topological polar surface area (TPSA) is 129 Å². The summed E-state index contributed by atoms with van der Waals surface area (Å²) in [5, 5.41) is 17.5. The summed E-state index contributed by atoms with van der Waals surface area (Å²) in [6.45, 7) is 0.224. The first-order valence-electron chi connectivity index (χ1n) is 7.56. The molecular weight excluding hydrogens is 326 g/mol. The van der Waals surface area contributed by atoms with Gasteiger partial charge >= 0.3 is 6.03 Å². The number of aryl methyl sites for hydroxylation is 1. The van der Waals surface area contributed by atoms with Gasteiger partial charge in [-0.3, -0.25) is 9.48 Å². The second-order valence-electron chi connectivity index (χ2n) is 5.99. The van der Waals surface area contributed by atoms with Crippen LogP contribution in [0, 0.1) is 0 Å². The van der Waals surface area contributed by atoms with E-state index in [4.69, 9.17) is 0 Å². The lowest BCUT2D eigenvalue weighted by Gasteiger charge is -2.45. The molecule has 128 valence electrons. The van der Waals surface area contributed by atoms with Crippen molar-refractivity contribution >= 4 is 22.6 Å². The number of hydrogen-bond donors (Lipinski definition) is 3. The molecule has 3 heterocycles. The number of amides is 2. The van der Waals surface area contributed by atoms with Gasteiger partial charge in [-0.05, 0) is 18.2 Å². The summed E-state index contributed by atoms with van der Waals surface area (Å²) in [5.74, 6) is 0.417. The predicted octanol–water partition coefficient (Wildman–Crippen LogP) is -0.213. The van der Waals surface area contributed by atoms with Gasteiger partial charge in [-0.25, -0.2) is 14.8 Å². The quantitative estimate of drug-likeness (QED) is 0.591. The Hall–Kier alpha value is -3.27. The molecule has 0 saturated carbocycles. The first-order chi connectivity index (χ1) is 12.0. The number of nitrogens with one attached hydrogen (secondary N) is 2. The van der Waals surface area contributed by atoms with Crippen LogP contribution in [0.4, 0.5) is 10.5 Å². The molecule has 2 amide bonds. The van der Waals surface area contributed by atoms with E-state index in [0.29, 0.717) is 22.4 Å². The number of hydrogen-bond acceptors (Lipinski definition) is 6. The van der Waals surface area contributed by atoms with Crippen LogP contribution in [0.15, 0.2) is 35.6 Å². The van der Waals surface area contributed by atoms with Crippen LogP contribution in [0.2, 0.25) is 0 Å². The smallest absolute Gasteiger partial charge is 0.322 e. The maximum absolute atomic E-state index is 12.3. The molecule has 3 N–H and O–H groups in total. The number of carbonyl (C=O) groups excluding carboxylic acids is 1. The lowest BCUT2D eigenvalue weighted by Crippen LogP contribution is -2.63. The normalized spacial score (nSPS) is 15.8. The first kappa shape index (κ1) is 15.3. The van der Waals surface area contributed by atoms with Gasteiger partial charge in [0.1, 0.15) is 6.33 Å². The zero-order valence-electron chi connectivity index (χ0n) is 13.3. The van der Waals surface area contributed by atoms with Crippen LogP contribution < -0.4 is 10.9 Å². The number of aromatic nitrogens is 5. The van der Waals surface area contributed by atoms with Crippen molar-refractivity contribution in [2.45, 2.75) is 5.60 Å². The van der Waals surface area contributed by atoms with Crippen LogP contribution in [0.1, 0.15) is 5.82 Å². The Morgan fingerprint density at radius 2 is 2.16 bits per heavy atom. The Kier molecular flexibility index (Phi) is 3.29. The number of carbonyl (C=O) groups is 1. The second-order valence-corrected chi connectivity index (χ2v) is 5.99. The van der Waals surface area contributed by atoms with Crippen LogP contribution >= 0.6 is 0 Å². The molecule has 1 fully saturated rings. The number of aliphatic hydroxyl groups is 1. The molecule has 1 aliphatic rings. The fourth-order valence-corrected chi connectivity index (χ4v) is 2.94. The molecule has 0 bridgehead atoms. The molecule has 10 nitrogen and oxygen atoms in total. The third-order valence-corrected chi connectivity index (χ3v) is 4.21. The summed E-state index contributed by atoms with van der Waals surface area (Å²) in [6.07, 6.45) is 2.69. The standard InChI is InChI=1S/C15H15N7O3/c1-21-13(18-8-19-21)15(25)5-22(6-15)14(24)20-9-2-3-11-10(4-9)12(23)17-7-16-11/h2-4,7-8,25H,5-6H2,1H3,(H,20,24)(H,16,17,23). The monoisotopic (exact) mass is 341 g/mol. The van der Waals surface area contributed by atoms with Gasteiger partial charge in [0.25, 0.3) is 5.56 Å². The van der Waals surface area contributed by atoms with Crippen LogP contribution in [0.3, 0.4) is 0 Å². The summed E-state index contributed by atoms with van der Waals surface area (Å²) in [5.41, 5.74) is -0.457. The van der Waals surface area contributed by atoms with E-state index in [0.717, 1.165) is 0 Å². The van der Waals surface area contributed by atoms with Crippen molar-refractivity contribution in [1.82, 2.24) is 29.6 Å². The summed E-state index contributed by atoms with van der Waals surface area (Å²) in [7, 11) is 1.68. The molecule has 1 saturated heterocycles. The molecule has 0 aliphatic carbocycles. The molecule has 4 rings (SSSR count). The number of fused-ring (bicyclic) bond motifs is 1. The Morgan fingerprint density at radius 3 is 2.88 bits per heavy atom. The largest absolute Gasteiger partial charge is 0.378 e. The van der Waals surface area contributed by atoms with Gasteiger partial charge in [-0.1, -0.05) is 0 Å². The number of nitrogens with zero attached hydrogens (tertiary/aromatic N) is 5. The Morgan fingerprint density at radius 1 is 1.36 bits per heavy atom. The predicted molar refractivity (Wildman–Crippen MR) is 87.9 cm³/mol. The van der Waals surface area contributed by atoms with Gasteiger partial charge in [0.2, 0.25) is 0 Å². The van der Waals surface area contributed by atoms with Gasteiger partial charge in [0, 0.05) is 12.7 Å². The molecule has 0 unspecified atom stereocenters. The summed E-state index contributed by atoms with van der Waals surface area (Å²) < 4.78 is 1.48. The third kappa shape index (κ3) is 2.52. The third-order valence-electron chi connectivity index (χ3n) is 4.21. The van der Waals surface area contributed by atoms with E-state index in [2.05, 4.69) is 25.4 Å². The highest BCUT2D eigenvalue weighted by molar-refractivity contribution is 5.93. The first-order valence-corrected chi connectivity index (χ1v) is 7.56. The molecule has 0 atom stereocenters. The number of anilines is 1. The van der Waals surface area contributed by atoms with E-state index in [1.54, 1.807) is 25.2 Å². The fourth-order valence-electron chi connectivity index (χ4n) is 2.94. The molecule has 1 aromatic carbocycles. The Labute approximate surface area is 141 Å². The molecule has 25 heavy (non-hydrogen) atoms. The Bertz CT molecular complexity index is 1020. The minimum absolute atomic E-state index is 0.112. The minimum atomic E-state index is -1.20. The molecular formula is C15H15N7O3. The summed E-state index contributed by atoms with van der Waals surface area (Å²) >= 11 is 0. The van der Waals surface area contributed by atoms with Gasteiger partial charge in [-0.15, -0.1) is 0 Å². The maximum Gasteiger partial charge on any atom is 0.322 e. The molecule has 0 spiro atoms. The van der Waals surface area contributed by atoms with Crippen LogP contribution in [0.5, 0.6) is 0 Å². The van der Waals surface area contributed by atoms with E-state index in [9.17, 15) is 14.7 Å². The summed E-state index contributed by atoms with van der Waals surface area (Å²) in [6, 6.07) is 4.52. The molecule has 1 aliphatic heterocycles. The molecule has 2 aromatic heterocycles. The number of aromatic amines is 1. The number of H-pyrrole nitrogens is 1. The average molecular weight is 341 g/mol. The Balaban J connectivity index is 1.48. The SMILES string of the molecule is Cn1ncnc1C1(O)CN(C(=O)Nc2ccc3nc[nH]c(=O)c3c2)C1. The summed E-state index contributed by atoms with van der Waals surface area (Å²) in [4.78, 5) is 36.1. The highest BCUT2D eigenvalue weighted by Gasteiger charge is 2.48. The van der Waals surface area contributed by atoms with Crippen molar-refractivity contribution in [3.05, 3.63) is 47.0 Å². The number of β-amino-alcohol motifs (C(OH)–C–C–N with tert-alkyl or cyclic N) is 1. The van der Waals surface area contributed by atoms with Crippen molar-refractivity contribution in [3.63, 3.8) is 0 Å². The van der Waals surface area contributed by atoms with E-state index in [1.807, 2.05) is 0 Å². The van der Waals surface area contributed by atoms with Crippen molar-refractivity contribution < 1.29 is 9.90 Å². The average Bonchev–Trinajstić information content (AvgIpc) is 2.99. The second kappa shape index (κ2) is 5.38. The fraction of sp³-hybridized carbons (Fsp3) is 0.267. The minimum Gasteiger partial charge on any atom is -0.378 e. The van der Waals surface area contributed by atoms with Gasteiger partial charge in [0.15, 0.2) is 11.4 Å².